The first-order valence-corrected chi connectivity index (χ1v) is 7.92. The second-order valence-corrected chi connectivity index (χ2v) is 5.87. The predicted octanol–water partition coefficient (Wildman–Crippen LogP) is 2.77. The average molecular weight is 396 g/mol. The summed E-state index contributed by atoms with van der Waals surface area (Å²) in [7, 11) is 6.30. The van der Waals surface area contributed by atoms with Crippen LogP contribution >= 0.6 is 0 Å². The number of ether oxygens (including phenoxy) is 1. The fourth-order valence-electron chi connectivity index (χ4n) is 4.01. The normalized spacial score (nSPS) is 21.7. The molecule has 2 atom stereocenters. The van der Waals surface area contributed by atoms with E-state index in [2.05, 4.69) is 62.0 Å². The maximum atomic E-state index is 7.50. The van der Waals surface area contributed by atoms with Gasteiger partial charge >= 0.3 is 33.9 Å². The molecule has 0 radical (unpaired) electrons. The molecule has 0 bridgehead atoms. The molecule has 2 fully saturated rings. The molecule has 1 saturated carbocycles. The van der Waals surface area contributed by atoms with Gasteiger partial charge in [0.25, 0.3) is 0 Å². The van der Waals surface area contributed by atoms with E-state index >= 15 is 0 Å². The molecule has 140 valence electrons. The average Bonchev–Trinajstić information content (AvgIpc) is 2.97. The van der Waals surface area contributed by atoms with Crippen LogP contribution in [0.1, 0.15) is 37.4 Å². The van der Waals surface area contributed by atoms with Crippen molar-refractivity contribution in [3.05, 3.63) is 49.8 Å². The number of methoxy groups -OCH3 is 1. The molecule has 1 heterocycles. The van der Waals surface area contributed by atoms with Crippen molar-refractivity contribution in [2.24, 2.45) is 0 Å². The first-order valence-electron chi connectivity index (χ1n) is 7.92. The van der Waals surface area contributed by atoms with Gasteiger partial charge in [-0.1, -0.05) is 31.0 Å². The Labute approximate surface area is 166 Å². The van der Waals surface area contributed by atoms with E-state index in [0.29, 0.717) is 18.2 Å². The smallest absolute Gasteiger partial charge is 0 e. The Bertz CT molecular complexity index is 544. The van der Waals surface area contributed by atoms with Crippen molar-refractivity contribution < 1.29 is 36.1 Å². The van der Waals surface area contributed by atoms with Crippen LogP contribution in [0.5, 0.6) is 5.75 Å². The van der Waals surface area contributed by atoms with Gasteiger partial charge in [0, 0.05) is 35.0 Å². The van der Waals surface area contributed by atoms with Gasteiger partial charge in [-0.15, -0.1) is 0 Å². The fraction of sp³-hybridized carbons (Fsp3) is 0.526. The van der Waals surface area contributed by atoms with E-state index in [9.17, 15) is 0 Å². The predicted molar refractivity (Wildman–Crippen MR) is 89.1 cm³/mol. The van der Waals surface area contributed by atoms with Gasteiger partial charge in [0.15, 0.2) is 0 Å². The number of fused-ring (bicyclic) bond motifs is 1. The zero-order valence-corrected chi connectivity index (χ0v) is 16.6. The summed E-state index contributed by atoms with van der Waals surface area (Å²) in [4.78, 5) is 5.09. The molecule has 6 nitrogen and oxygen atoms in total. The van der Waals surface area contributed by atoms with Gasteiger partial charge in [0.1, 0.15) is 5.75 Å². The van der Waals surface area contributed by atoms with Crippen LogP contribution in [0.3, 0.4) is 0 Å². The van der Waals surface area contributed by atoms with Crippen molar-refractivity contribution in [3.63, 3.8) is 0 Å². The molecule has 1 aliphatic heterocycles. The van der Waals surface area contributed by atoms with Crippen LogP contribution in [0, 0.1) is 20.0 Å². The van der Waals surface area contributed by atoms with E-state index in [0.717, 1.165) is 5.75 Å². The second kappa shape index (κ2) is 14.8. The van der Waals surface area contributed by atoms with Crippen molar-refractivity contribution in [3.8, 4) is 5.75 Å². The standard InChI is InChI=1S/C16H24N2O.3CO.Cr/c1-17-13-9-5-6-10-14(13)18(2)16(17)12-8-4-7-11-15(12)19-3;3*1-2;/h4,7-8,11,13-14,16H,5-6,9-10H2,1-3H3;;;;/t13-,14-;;;;/m1..../s1. The van der Waals surface area contributed by atoms with Crippen LogP contribution in [0.15, 0.2) is 24.3 Å². The molecule has 0 amide bonds. The van der Waals surface area contributed by atoms with Gasteiger partial charge in [-0.2, -0.15) is 0 Å². The van der Waals surface area contributed by atoms with E-state index in [1.54, 1.807) is 7.11 Å². The van der Waals surface area contributed by atoms with Gasteiger partial charge < -0.3 is 4.74 Å². The van der Waals surface area contributed by atoms with Crippen molar-refractivity contribution in [1.82, 2.24) is 9.80 Å². The molecule has 0 unspecified atom stereocenters. The largest absolute Gasteiger partial charge is 0 e. The molecule has 1 aromatic carbocycles. The van der Waals surface area contributed by atoms with Crippen LogP contribution in [0.25, 0.3) is 0 Å². The first kappa shape index (κ1) is 26.9. The summed E-state index contributed by atoms with van der Waals surface area (Å²) in [5.74, 6) is 1.00. The summed E-state index contributed by atoms with van der Waals surface area (Å²) in [6.45, 7) is 13.5. The Morgan fingerprint density at radius 2 is 1.31 bits per heavy atom. The third-order valence-corrected chi connectivity index (χ3v) is 4.93. The molecular formula is C19H24CrN2O4. The molecule has 0 spiro atoms. The second-order valence-electron chi connectivity index (χ2n) is 5.87. The van der Waals surface area contributed by atoms with Crippen molar-refractivity contribution >= 4 is 0 Å². The van der Waals surface area contributed by atoms with E-state index in [-0.39, 0.29) is 17.4 Å². The van der Waals surface area contributed by atoms with Crippen molar-refractivity contribution in [2.45, 2.75) is 43.9 Å². The summed E-state index contributed by atoms with van der Waals surface area (Å²) in [5.41, 5.74) is 1.30. The van der Waals surface area contributed by atoms with E-state index in [1.807, 2.05) is 6.07 Å². The van der Waals surface area contributed by atoms with Gasteiger partial charge in [-0.3, -0.25) is 9.80 Å². The van der Waals surface area contributed by atoms with Crippen molar-refractivity contribution in [1.29, 1.82) is 0 Å². The van der Waals surface area contributed by atoms with Crippen LogP contribution in [0.4, 0.5) is 0 Å². The van der Waals surface area contributed by atoms with E-state index in [4.69, 9.17) is 18.7 Å². The quantitative estimate of drug-likeness (QED) is 0.570. The molecule has 0 N–H and O–H groups in total. The van der Waals surface area contributed by atoms with E-state index < -0.39 is 0 Å². The summed E-state index contributed by atoms with van der Waals surface area (Å²) in [6.07, 6.45) is 5.76. The SMILES string of the molecule is COc1ccccc1C1N(C)[C@@H]2CCCC[C@H]2N1C.[C-]#[O+].[C-]#[O+].[C-]#[O+].[Cr]. The molecular weight excluding hydrogens is 372 g/mol. The first-order chi connectivity index (χ1) is 12.2. The molecule has 1 saturated heterocycles. The maximum absolute atomic E-state index is 7.50. The number of nitrogens with zero attached hydrogens (tertiary/aromatic N) is 2. The van der Waals surface area contributed by atoms with Gasteiger partial charge in [0.2, 0.25) is 0 Å². The monoisotopic (exact) mass is 396 g/mol. The number of likely N-dealkylation sites (N-methyl/N-ethyl adjacent to an activating group) is 2. The van der Waals surface area contributed by atoms with Crippen LogP contribution in [0.2, 0.25) is 0 Å². The topological polar surface area (TPSA) is 75.4 Å². The Hall–Kier alpha value is -1.31. The molecule has 3 rings (SSSR count). The van der Waals surface area contributed by atoms with Crippen LogP contribution in [-0.4, -0.2) is 43.1 Å². The molecule has 26 heavy (non-hydrogen) atoms. The third kappa shape index (κ3) is 5.86. The Morgan fingerprint density at radius 1 is 0.885 bits per heavy atom. The molecule has 1 aromatic rings. The molecule has 2 aliphatic rings. The molecule has 0 aromatic heterocycles. The number of hydrogen-bond acceptors (Lipinski definition) is 3. The summed E-state index contributed by atoms with van der Waals surface area (Å²) < 4.78 is 28.1. The van der Waals surface area contributed by atoms with Gasteiger partial charge in [-0.05, 0) is 33.0 Å². The van der Waals surface area contributed by atoms with Crippen LogP contribution < -0.4 is 4.74 Å². The Kier molecular flexibility index (Phi) is 15.3. The van der Waals surface area contributed by atoms with Gasteiger partial charge in [-0.25, -0.2) is 0 Å². The number of benzene rings is 1. The molecule has 1 aliphatic carbocycles. The summed E-state index contributed by atoms with van der Waals surface area (Å²) >= 11 is 0. The third-order valence-electron chi connectivity index (χ3n) is 4.93. The fourth-order valence-corrected chi connectivity index (χ4v) is 4.01. The number of para-hydroxylation sites is 1. The zero-order chi connectivity index (χ0) is 19.4. The minimum Gasteiger partial charge on any atom is 0 e. The summed E-state index contributed by atoms with van der Waals surface area (Å²) in [6, 6.07) is 9.83. The number of rotatable bonds is 2. The van der Waals surface area contributed by atoms with Crippen molar-refractivity contribution in [2.75, 3.05) is 21.2 Å². The Balaban J connectivity index is 0. The zero-order valence-electron chi connectivity index (χ0n) is 15.3. The minimum absolute atomic E-state index is 0. The Morgan fingerprint density at radius 3 is 1.73 bits per heavy atom. The summed E-state index contributed by atoms with van der Waals surface area (Å²) in [5, 5.41) is 0. The van der Waals surface area contributed by atoms with Crippen LogP contribution in [-0.2, 0) is 31.3 Å². The van der Waals surface area contributed by atoms with Gasteiger partial charge in [0.05, 0.1) is 13.3 Å². The maximum Gasteiger partial charge on any atom is 0 e. The number of hydrogen-bond donors (Lipinski definition) is 0. The molecule has 7 heteroatoms. The van der Waals surface area contributed by atoms with E-state index in [1.165, 1.54) is 31.2 Å². The minimum atomic E-state index is 0.